The fourth-order valence-electron chi connectivity index (χ4n) is 5.53. The van der Waals surface area contributed by atoms with E-state index in [0.29, 0.717) is 17.8 Å². The van der Waals surface area contributed by atoms with Gasteiger partial charge in [-0.3, -0.25) is 10.2 Å². The average molecular weight is 418 g/mol. The van der Waals surface area contributed by atoms with Crippen LogP contribution in [0.1, 0.15) is 38.5 Å². The monoisotopic (exact) mass is 418 g/mol. The van der Waals surface area contributed by atoms with E-state index in [1.54, 1.807) is 0 Å². The van der Waals surface area contributed by atoms with Gasteiger partial charge >= 0.3 is 6.36 Å². The van der Waals surface area contributed by atoms with Crippen LogP contribution in [0.15, 0.2) is 29.2 Å². The van der Waals surface area contributed by atoms with Gasteiger partial charge in [0.2, 0.25) is 5.91 Å². The number of alkyl halides is 3. The first-order valence-corrected chi connectivity index (χ1v) is 10.7. The molecule has 4 bridgehead atoms. The minimum atomic E-state index is -4.93. The number of carbonyl (C=O) groups is 1. The highest BCUT2D eigenvalue weighted by Gasteiger charge is 2.54. The Bertz CT molecular complexity index is 850. The lowest BCUT2D eigenvalue weighted by Crippen LogP contribution is -2.56. The molecule has 4 fully saturated rings. The van der Waals surface area contributed by atoms with Crippen LogP contribution in [0.5, 0.6) is 5.75 Å². The van der Waals surface area contributed by atoms with E-state index in [1.807, 2.05) is 4.83 Å². The summed E-state index contributed by atoms with van der Waals surface area (Å²) in [5.41, 5.74) is 1.76. The lowest BCUT2D eigenvalue weighted by atomic mass is 9.49. The van der Waals surface area contributed by atoms with Gasteiger partial charge in [0.25, 0.3) is 10.0 Å². The first kappa shape index (κ1) is 19.5. The molecule has 1 aromatic rings. The van der Waals surface area contributed by atoms with Crippen LogP contribution in [-0.4, -0.2) is 20.7 Å². The minimum absolute atomic E-state index is 0.349. The Kier molecular flexibility index (Phi) is 4.61. The van der Waals surface area contributed by atoms with Crippen molar-refractivity contribution < 1.29 is 31.1 Å². The van der Waals surface area contributed by atoms with Crippen molar-refractivity contribution in [2.45, 2.75) is 49.8 Å². The third-order valence-electron chi connectivity index (χ3n) is 6.17. The van der Waals surface area contributed by atoms with E-state index in [0.717, 1.165) is 62.8 Å². The largest absolute Gasteiger partial charge is 0.573 e. The number of amides is 1. The molecule has 0 heterocycles. The smallest absolute Gasteiger partial charge is 0.406 e. The van der Waals surface area contributed by atoms with Gasteiger partial charge in [0.1, 0.15) is 5.75 Å². The van der Waals surface area contributed by atoms with Crippen LogP contribution in [0.25, 0.3) is 0 Å². The van der Waals surface area contributed by atoms with Crippen molar-refractivity contribution in [1.29, 1.82) is 0 Å². The predicted octanol–water partition coefficient (Wildman–Crippen LogP) is 3.11. The van der Waals surface area contributed by atoms with Gasteiger partial charge in [-0.15, -0.1) is 18.0 Å². The summed E-state index contributed by atoms with van der Waals surface area (Å²) in [5.74, 6) is 0.556. The molecule has 1 aromatic carbocycles. The molecule has 2 N–H and O–H groups in total. The minimum Gasteiger partial charge on any atom is -0.406 e. The van der Waals surface area contributed by atoms with Gasteiger partial charge in [-0.2, -0.15) is 0 Å². The van der Waals surface area contributed by atoms with E-state index in [4.69, 9.17) is 0 Å². The van der Waals surface area contributed by atoms with Crippen molar-refractivity contribution in [3.63, 3.8) is 0 Å². The number of ether oxygens (including phenoxy) is 1. The van der Waals surface area contributed by atoms with Crippen molar-refractivity contribution in [1.82, 2.24) is 10.3 Å². The second-order valence-electron chi connectivity index (χ2n) is 8.28. The highest BCUT2D eigenvalue weighted by molar-refractivity contribution is 7.89. The Morgan fingerprint density at radius 1 is 1.07 bits per heavy atom. The zero-order valence-corrected chi connectivity index (χ0v) is 15.8. The number of halogens is 3. The summed E-state index contributed by atoms with van der Waals surface area (Å²) in [6.45, 7) is 0. The molecule has 10 heteroatoms. The highest BCUT2D eigenvalue weighted by Crippen LogP contribution is 2.60. The molecule has 1 amide bonds. The van der Waals surface area contributed by atoms with Crippen molar-refractivity contribution >= 4 is 15.9 Å². The zero-order chi connectivity index (χ0) is 20.2. The summed E-state index contributed by atoms with van der Waals surface area (Å²) in [5, 5.41) is 0. The number of rotatable bonds is 5. The third kappa shape index (κ3) is 3.84. The number of hydrogen-bond donors (Lipinski definition) is 2. The van der Waals surface area contributed by atoms with Crippen molar-refractivity contribution in [3.05, 3.63) is 24.3 Å². The molecule has 0 aliphatic heterocycles. The molecule has 0 unspecified atom stereocenters. The number of hydrazine groups is 1. The molecule has 0 radical (unpaired) electrons. The standard InChI is InChI=1S/C18H21F3N2O4S/c19-18(20,21)27-14-2-1-3-15(7-14)28(25,26)23-22-16(24)17-8-11-4-12(9-17)6-13(5-11)10-17/h1-3,7,11-13,23H,4-6,8-10H2,(H,22,24). The van der Waals surface area contributed by atoms with Gasteiger partial charge < -0.3 is 4.74 Å². The number of nitrogens with one attached hydrogen (secondary N) is 2. The number of sulfonamides is 1. The molecule has 4 saturated carbocycles. The molecule has 28 heavy (non-hydrogen) atoms. The van der Waals surface area contributed by atoms with Crippen molar-refractivity contribution in [2.24, 2.45) is 23.2 Å². The Labute approximate surface area is 160 Å². The van der Waals surface area contributed by atoms with Gasteiger partial charge in [0.15, 0.2) is 0 Å². The van der Waals surface area contributed by atoms with Gasteiger partial charge in [-0.25, -0.2) is 8.42 Å². The van der Waals surface area contributed by atoms with Crippen LogP contribution in [0.3, 0.4) is 0 Å². The molecule has 6 nitrogen and oxygen atoms in total. The van der Waals surface area contributed by atoms with Crippen molar-refractivity contribution in [3.8, 4) is 5.75 Å². The molecule has 4 aliphatic carbocycles. The van der Waals surface area contributed by atoms with Gasteiger partial charge in [0.05, 0.1) is 10.3 Å². The molecule has 154 valence electrons. The Morgan fingerprint density at radius 3 is 2.18 bits per heavy atom. The molecular formula is C18H21F3N2O4S. The number of carbonyl (C=O) groups excluding carboxylic acids is 1. The number of hydrogen-bond acceptors (Lipinski definition) is 4. The second-order valence-corrected chi connectivity index (χ2v) is 9.96. The Morgan fingerprint density at radius 2 is 1.64 bits per heavy atom. The molecular weight excluding hydrogens is 397 g/mol. The van der Waals surface area contributed by atoms with Gasteiger partial charge in [-0.05, 0) is 68.4 Å². The predicted molar refractivity (Wildman–Crippen MR) is 92.2 cm³/mol. The summed E-state index contributed by atoms with van der Waals surface area (Å²) in [4.78, 5) is 14.4. The first-order chi connectivity index (χ1) is 13.0. The summed E-state index contributed by atoms with van der Waals surface area (Å²) in [6, 6.07) is 4.02. The quantitative estimate of drug-likeness (QED) is 0.720. The molecule has 0 aromatic heterocycles. The molecule has 0 atom stereocenters. The van der Waals surface area contributed by atoms with E-state index in [2.05, 4.69) is 10.2 Å². The van der Waals surface area contributed by atoms with E-state index in [1.165, 1.54) is 0 Å². The van der Waals surface area contributed by atoms with Gasteiger partial charge in [0, 0.05) is 6.07 Å². The summed E-state index contributed by atoms with van der Waals surface area (Å²) >= 11 is 0. The Balaban J connectivity index is 1.44. The van der Waals surface area contributed by atoms with E-state index in [-0.39, 0.29) is 5.91 Å². The number of benzene rings is 1. The molecule has 4 aliphatic rings. The van der Waals surface area contributed by atoms with E-state index >= 15 is 0 Å². The van der Waals surface area contributed by atoms with Crippen molar-refractivity contribution in [2.75, 3.05) is 0 Å². The maximum atomic E-state index is 12.8. The summed E-state index contributed by atoms with van der Waals surface area (Å²) in [7, 11) is -4.23. The Hall–Kier alpha value is -1.81. The normalized spacial score (nSPS) is 31.6. The van der Waals surface area contributed by atoms with Crippen LogP contribution in [0.2, 0.25) is 0 Å². The van der Waals surface area contributed by atoms with E-state index < -0.39 is 32.4 Å². The van der Waals surface area contributed by atoms with E-state index in [9.17, 15) is 26.4 Å². The highest BCUT2D eigenvalue weighted by atomic mass is 32.2. The lowest BCUT2D eigenvalue weighted by molar-refractivity contribution is -0.274. The molecule has 5 rings (SSSR count). The zero-order valence-electron chi connectivity index (χ0n) is 15.0. The fourth-order valence-corrected chi connectivity index (χ4v) is 6.41. The molecule has 0 saturated heterocycles. The summed E-state index contributed by atoms with van der Waals surface area (Å²) < 4.78 is 65.6. The third-order valence-corrected chi connectivity index (χ3v) is 7.41. The van der Waals surface area contributed by atoms with Crippen LogP contribution >= 0.6 is 0 Å². The topological polar surface area (TPSA) is 84.5 Å². The maximum absolute atomic E-state index is 12.8. The van der Waals surface area contributed by atoms with Crippen LogP contribution in [0.4, 0.5) is 13.2 Å². The summed E-state index contributed by atoms with van der Waals surface area (Å²) in [6.07, 6.45) is 0.797. The average Bonchev–Trinajstić information content (AvgIpc) is 2.57. The second kappa shape index (κ2) is 6.62. The fraction of sp³-hybridized carbons (Fsp3) is 0.611. The maximum Gasteiger partial charge on any atom is 0.573 e. The molecule has 0 spiro atoms. The first-order valence-electron chi connectivity index (χ1n) is 9.23. The van der Waals surface area contributed by atoms with Crippen LogP contribution in [-0.2, 0) is 14.8 Å². The SMILES string of the molecule is O=C(NNS(=O)(=O)c1cccc(OC(F)(F)F)c1)C12CC3CC(CC(C3)C1)C2. The van der Waals surface area contributed by atoms with Crippen LogP contribution < -0.4 is 15.0 Å². The van der Waals surface area contributed by atoms with Crippen LogP contribution in [0, 0.1) is 23.2 Å². The van der Waals surface area contributed by atoms with Gasteiger partial charge in [-0.1, -0.05) is 6.07 Å². The lowest BCUT2D eigenvalue weighted by Gasteiger charge is -2.55.